The van der Waals surface area contributed by atoms with Crippen molar-refractivity contribution in [3.63, 3.8) is 0 Å². The molecule has 2 aromatic heterocycles. The van der Waals surface area contributed by atoms with Crippen molar-refractivity contribution in [2.24, 2.45) is 7.05 Å². The Labute approximate surface area is 94.9 Å². The summed E-state index contributed by atoms with van der Waals surface area (Å²) in [7, 11) is 1.70. The van der Waals surface area contributed by atoms with Crippen molar-refractivity contribution in [2.75, 3.05) is 5.32 Å². The van der Waals surface area contributed by atoms with Gasteiger partial charge in [0.1, 0.15) is 0 Å². The SMILES string of the molecule is Cn1cnc([N+](=O)[O-])c1NCc1cncs1. The van der Waals surface area contributed by atoms with Crippen LogP contribution in [-0.2, 0) is 13.6 Å². The number of nitro groups is 1. The monoisotopic (exact) mass is 239 g/mol. The number of imidazole rings is 1. The summed E-state index contributed by atoms with van der Waals surface area (Å²) in [4.78, 5) is 18.8. The molecule has 2 aromatic rings. The highest BCUT2D eigenvalue weighted by atomic mass is 32.1. The van der Waals surface area contributed by atoms with Gasteiger partial charge in [0, 0.05) is 18.1 Å². The standard InChI is InChI=1S/C8H9N5O2S/c1-12-4-11-8(13(14)15)7(12)10-3-6-2-9-5-16-6/h2,4-5,10H,3H2,1H3. The molecule has 16 heavy (non-hydrogen) atoms. The molecule has 0 fully saturated rings. The molecule has 0 aliphatic rings. The van der Waals surface area contributed by atoms with E-state index < -0.39 is 4.92 Å². The Morgan fingerprint density at radius 2 is 2.50 bits per heavy atom. The second-order valence-electron chi connectivity index (χ2n) is 3.11. The Hall–Kier alpha value is -1.96. The summed E-state index contributed by atoms with van der Waals surface area (Å²) < 4.78 is 1.58. The first kappa shape index (κ1) is 10.6. The zero-order valence-electron chi connectivity index (χ0n) is 8.45. The minimum absolute atomic E-state index is 0.160. The van der Waals surface area contributed by atoms with Gasteiger partial charge in [-0.1, -0.05) is 0 Å². The third-order valence-corrected chi connectivity index (χ3v) is 2.78. The highest BCUT2D eigenvalue weighted by Crippen LogP contribution is 2.22. The lowest BCUT2D eigenvalue weighted by Gasteiger charge is -2.03. The highest BCUT2D eigenvalue weighted by molar-refractivity contribution is 7.09. The lowest BCUT2D eigenvalue weighted by atomic mass is 10.5. The lowest BCUT2D eigenvalue weighted by Crippen LogP contribution is -2.04. The number of hydrogen-bond acceptors (Lipinski definition) is 6. The largest absolute Gasteiger partial charge is 0.406 e. The highest BCUT2D eigenvalue weighted by Gasteiger charge is 2.19. The van der Waals surface area contributed by atoms with Gasteiger partial charge in [-0.25, -0.2) is 0 Å². The molecule has 2 rings (SSSR count). The predicted octanol–water partition coefficient (Wildman–Crippen LogP) is 1.40. The lowest BCUT2D eigenvalue weighted by molar-refractivity contribution is -0.388. The molecule has 0 aliphatic carbocycles. The van der Waals surface area contributed by atoms with Crippen LogP contribution in [0.3, 0.4) is 0 Å². The van der Waals surface area contributed by atoms with Crippen molar-refractivity contribution < 1.29 is 4.92 Å². The fourth-order valence-electron chi connectivity index (χ4n) is 1.26. The van der Waals surface area contributed by atoms with Gasteiger partial charge in [-0.15, -0.1) is 11.3 Å². The maximum atomic E-state index is 10.7. The van der Waals surface area contributed by atoms with Crippen molar-refractivity contribution in [3.8, 4) is 0 Å². The maximum Gasteiger partial charge on any atom is 0.406 e. The molecule has 7 nitrogen and oxygen atoms in total. The summed E-state index contributed by atoms with van der Waals surface area (Å²) in [6.45, 7) is 0.505. The maximum absolute atomic E-state index is 10.7. The van der Waals surface area contributed by atoms with E-state index in [0.717, 1.165) is 4.88 Å². The van der Waals surface area contributed by atoms with Gasteiger partial charge in [0.05, 0.1) is 12.1 Å². The predicted molar refractivity (Wildman–Crippen MR) is 59.3 cm³/mol. The van der Waals surface area contributed by atoms with Crippen LogP contribution in [0.15, 0.2) is 18.0 Å². The molecule has 2 heterocycles. The van der Waals surface area contributed by atoms with Gasteiger partial charge >= 0.3 is 5.82 Å². The average Bonchev–Trinajstić information content (AvgIpc) is 2.84. The molecule has 1 N–H and O–H groups in total. The second kappa shape index (κ2) is 4.27. The summed E-state index contributed by atoms with van der Waals surface area (Å²) in [6, 6.07) is 0. The fraction of sp³-hybridized carbons (Fsp3) is 0.250. The third kappa shape index (κ3) is 2.01. The van der Waals surface area contributed by atoms with Crippen LogP contribution in [0.25, 0.3) is 0 Å². The number of anilines is 1. The zero-order valence-corrected chi connectivity index (χ0v) is 9.27. The van der Waals surface area contributed by atoms with Gasteiger partial charge in [0.25, 0.3) is 0 Å². The third-order valence-electron chi connectivity index (χ3n) is 2.00. The number of thiazole rings is 1. The minimum atomic E-state index is -0.505. The number of hydrogen-bond donors (Lipinski definition) is 1. The first-order valence-corrected chi connectivity index (χ1v) is 5.33. The van der Waals surface area contributed by atoms with E-state index in [2.05, 4.69) is 15.3 Å². The molecule has 0 bridgehead atoms. The van der Waals surface area contributed by atoms with Crippen molar-refractivity contribution in [3.05, 3.63) is 33.0 Å². The van der Waals surface area contributed by atoms with Gasteiger partial charge in [0.15, 0.2) is 0 Å². The van der Waals surface area contributed by atoms with Crippen molar-refractivity contribution in [1.29, 1.82) is 0 Å². The Morgan fingerprint density at radius 3 is 3.12 bits per heavy atom. The van der Waals surface area contributed by atoms with Crippen molar-refractivity contribution in [2.45, 2.75) is 6.54 Å². The van der Waals surface area contributed by atoms with Crippen molar-refractivity contribution >= 4 is 23.0 Å². The zero-order chi connectivity index (χ0) is 11.5. The van der Waals surface area contributed by atoms with Crippen LogP contribution in [0, 0.1) is 10.1 Å². The van der Waals surface area contributed by atoms with E-state index in [1.165, 1.54) is 17.7 Å². The van der Waals surface area contributed by atoms with E-state index in [0.29, 0.717) is 12.4 Å². The van der Waals surface area contributed by atoms with Gasteiger partial charge in [-0.3, -0.25) is 9.55 Å². The van der Waals surface area contributed by atoms with Gasteiger partial charge in [-0.05, 0) is 9.91 Å². The van der Waals surface area contributed by atoms with E-state index in [-0.39, 0.29) is 5.82 Å². The molecule has 0 unspecified atom stereocenters. The van der Waals surface area contributed by atoms with Crippen LogP contribution in [0.4, 0.5) is 11.6 Å². The number of nitrogens with zero attached hydrogens (tertiary/aromatic N) is 4. The summed E-state index contributed by atoms with van der Waals surface area (Å²) >= 11 is 1.49. The van der Waals surface area contributed by atoms with Crippen LogP contribution in [0.5, 0.6) is 0 Å². The molecule has 0 amide bonds. The minimum Gasteiger partial charge on any atom is -0.359 e. The first-order chi connectivity index (χ1) is 7.68. The van der Waals surface area contributed by atoms with Gasteiger partial charge in [-0.2, -0.15) is 0 Å². The summed E-state index contributed by atoms with van der Waals surface area (Å²) in [5.41, 5.74) is 1.72. The average molecular weight is 239 g/mol. The Morgan fingerprint density at radius 1 is 1.69 bits per heavy atom. The molecule has 0 radical (unpaired) electrons. The molecule has 84 valence electrons. The van der Waals surface area contributed by atoms with Crippen LogP contribution in [0.2, 0.25) is 0 Å². The number of nitrogens with one attached hydrogen (secondary N) is 1. The van der Waals surface area contributed by atoms with E-state index in [9.17, 15) is 10.1 Å². The molecule has 0 aliphatic heterocycles. The van der Waals surface area contributed by atoms with Gasteiger partial charge < -0.3 is 15.4 Å². The Balaban J connectivity index is 2.14. The Bertz CT molecular complexity index is 493. The summed E-state index contributed by atoms with van der Waals surface area (Å²) in [6.07, 6.45) is 3.13. The van der Waals surface area contributed by atoms with Crippen molar-refractivity contribution in [1.82, 2.24) is 14.5 Å². The molecule has 0 atom stereocenters. The summed E-state index contributed by atoms with van der Waals surface area (Å²) in [5.74, 6) is 0.241. The summed E-state index contributed by atoms with van der Waals surface area (Å²) in [5, 5.41) is 13.7. The van der Waals surface area contributed by atoms with Crippen LogP contribution < -0.4 is 5.32 Å². The molecule has 0 spiro atoms. The number of rotatable bonds is 4. The molecular formula is C8H9N5O2S. The van der Waals surface area contributed by atoms with Crippen LogP contribution in [-0.4, -0.2) is 19.5 Å². The molecule has 0 saturated heterocycles. The quantitative estimate of drug-likeness (QED) is 0.643. The molecule has 0 aromatic carbocycles. The molecular weight excluding hydrogens is 230 g/mol. The van der Waals surface area contributed by atoms with E-state index in [1.54, 1.807) is 23.3 Å². The van der Waals surface area contributed by atoms with E-state index >= 15 is 0 Å². The topological polar surface area (TPSA) is 85.9 Å². The van der Waals surface area contributed by atoms with E-state index in [1.807, 2.05) is 0 Å². The van der Waals surface area contributed by atoms with Crippen LogP contribution >= 0.6 is 11.3 Å². The second-order valence-corrected chi connectivity index (χ2v) is 4.08. The smallest absolute Gasteiger partial charge is 0.359 e. The van der Waals surface area contributed by atoms with Gasteiger partial charge in [0.2, 0.25) is 12.1 Å². The normalized spacial score (nSPS) is 10.3. The van der Waals surface area contributed by atoms with E-state index in [4.69, 9.17) is 0 Å². The first-order valence-electron chi connectivity index (χ1n) is 4.45. The number of aromatic nitrogens is 3. The Kier molecular flexibility index (Phi) is 2.82. The molecule has 8 heteroatoms. The fourth-order valence-corrected chi connectivity index (χ4v) is 1.79. The molecule has 0 saturated carbocycles. The van der Waals surface area contributed by atoms with Crippen LogP contribution in [0.1, 0.15) is 4.88 Å². The number of aryl methyl sites for hydroxylation is 1.